The second-order valence-electron chi connectivity index (χ2n) is 4.46. The monoisotopic (exact) mass is 321 g/mol. The number of nitrogens with two attached hydrogens (primary N) is 1. The van der Waals surface area contributed by atoms with E-state index in [1.807, 2.05) is 6.92 Å². The fraction of sp³-hybridized carbons (Fsp3) is 0.267. The maximum Gasteiger partial charge on any atom is 0.202 e. The number of carbonyl (C=O) groups is 1. The molecule has 0 saturated heterocycles. The molecule has 0 saturated carbocycles. The molecule has 0 radical (unpaired) electrons. The van der Waals surface area contributed by atoms with E-state index in [0.717, 1.165) is 5.75 Å². The molecule has 22 heavy (non-hydrogen) atoms. The van der Waals surface area contributed by atoms with Crippen LogP contribution in [0.2, 0.25) is 0 Å². The molecule has 0 bridgehead atoms. The number of halogens is 1. The van der Waals surface area contributed by atoms with Gasteiger partial charge in [-0.25, -0.2) is 14.4 Å². The van der Waals surface area contributed by atoms with Crippen LogP contribution in [0, 0.1) is 12.7 Å². The van der Waals surface area contributed by atoms with Gasteiger partial charge >= 0.3 is 0 Å². The summed E-state index contributed by atoms with van der Waals surface area (Å²) < 4.78 is 18.9. The lowest BCUT2D eigenvalue weighted by Crippen LogP contribution is -2.12. The summed E-state index contributed by atoms with van der Waals surface area (Å²) in [4.78, 5) is 20.9. The minimum absolute atomic E-state index is 0.0710. The molecule has 1 aromatic carbocycles. The van der Waals surface area contributed by atoms with Crippen molar-refractivity contribution in [3.8, 4) is 5.75 Å². The number of nitrogen functional groups attached to an aromatic ring is 1. The van der Waals surface area contributed by atoms with Crippen LogP contribution in [-0.4, -0.2) is 28.6 Å². The van der Waals surface area contributed by atoms with Crippen molar-refractivity contribution in [2.75, 3.05) is 18.6 Å². The van der Waals surface area contributed by atoms with E-state index in [9.17, 15) is 9.18 Å². The first kappa shape index (κ1) is 16.2. The Morgan fingerprint density at radius 1 is 1.45 bits per heavy atom. The standard InChI is InChI=1S/C15H16FN3O2S/c1-4-22-15-18-7-9(14(17)19-15)13(20)12-8(2)10(16)5-6-11(12)21-3/h5-7H,4H2,1-3H3,(H2,17,18,19). The Hall–Kier alpha value is -2.15. The number of ketones is 1. The van der Waals surface area contributed by atoms with Gasteiger partial charge in [0.2, 0.25) is 5.78 Å². The van der Waals surface area contributed by atoms with Crippen LogP contribution < -0.4 is 10.5 Å². The van der Waals surface area contributed by atoms with Crippen LogP contribution in [0.5, 0.6) is 5.75 Å². The molecule has 2 aromatic rings. The zero-order valence-electron chi connectivity index (χ0n) is 12.5. The third kappa shape index (κ3) is 3.04. The van der Waals surface area contributed by atoms with E-state index in [-0.39, 0.29) is 28.3 Å². The summed E-state index contributed by atoms with van der Waals surface area (Å²) >= 11 is 1.42. The number of ether oxygens (including phenoxy) is 1. The molecule has 0 atom stereocenters. The highest BCUT2D eigenvalue weighted by atomic mass is 32.2. The van der Waals surface area contributed by atoms with E-state index >= 15 is 0 Å². The Labute approximate surface area is 132 Å². The van der Waals surface area contributed by atoms with Gasteiger partial charge in [-0.05, 0) is 30.4 Å². The number of carbonyl (C=O) groups excluding carboxylic acids is 1. The van der Waals surface area contributed by atoms with Gasteiger partial charge in [0, 0.05) is 6.20 Å². The second-order valence-corrected chi connectivity index (χ2v) is 5.69. The number of hydrogen-bond donors (Lipinski definition) is 1. The Morgan fingerprint density at radius 3 is 2.77 bits per heavy atom. The summed E-state index contributed by atoms with van der Waals surface area (Å²) in [6.07, 6.45) is 1.37. The lowest BCUT2D eigenvalue weighted by Gasteiger charge is -2.12. The molecule has 0 aliphatic rings. The minimum Gasteiger partial charge on any atom is -0.496 e. The molecule has 1 heterocycles. The number of rotatable bonds is 5. The van der Waals surface area contributed by atoms with Crippen molar-refractivity contribution in [2.24, 2.45) is 0 Å². The van der Waals surface area contributed by atoms with Gasteiger partial charge < -0.3 is 10.5 Å². The molecule has 0 spiro atoms. The van der Waals surface area contributed by atoms with Crippen LogP contribution in [-0.2, 0) is 0 Å². The SMILES string of the molecule is CCSc1ncc(C(=O)c2c(OC)ccc(F)c2C)c(N)n1. The summed E-state index contributed by atoms with van der Waals surface area (Å²) in [5.74, 6) is 0.210. The molecule has 0 fully saturated rings. The molecule has 0 amide bonds. The van der Waals surface area contributed by atoms with Crippen LogP contribution in [0.15, 0.2) is 23.5 Å². The normalized spacial score (nSPS) is 10.5. The average molecular weight is 321 g/mol. The first-order chi connectivity index (χ1) is 10.5. The van der Waals surface area contributed by atoms with Crippen molar-refractivity contribution in [3.05, 3.63) is 40.8 Å². The molecule has 2 rings (SSSR count). The van der Waals surface area contributed by atoms with Gasteiger partial charge in [-0.2, -0.15) is 0 Å². The van der Waals surface area contributed by atoms with Gasteiger partial charge in [-0.1, -0.05) is 18.7 Å². The number of hydrogen-bond acceptors (Lipinski definition) is 6. The minimum atomic E-state index is -0.484. The number of methoxy groups -OCH3 is 1. The van der Waals surface area contributed by atoms with E-state index in [4.69, 9.17) is 10.5 Å². The number of benzene rings is 1. The predicted octanol–water partition coefficient (Wildman–Crippen LogP) is 2.86. The summed E-state index contributed by atoms with van der Waals surface area (Å²) in [5.41, 5.74) is 6.32. The molecule has 0 aliphatic carbocycles. The van der Waals surface area contributed by atoms with E-state index < -0.39 is 11.6 Å². The topological polar surface area (TPSA) is 78.1 Å². The van der Waals surface area contributed by atoms with E-state index in [1.165, 1.54) is 44.1 Å². The smallest absolute Gasteiger partial charge is 0.202 e. The highest BCUT2D eigenvalue weighted by Crippen LogP contribution is 2.28. The number of nitrogens with zero attached hydrogens (tertiary/aromatic N) is 2. The van der Waals surface area contributed by atoms with E-state index in [1.54, 1.807) is 0 Å². The molecular formula is C15H16FN3O2S. The second kappa shape index (κ2) is 6.74. The average Bonchev–Trinajstić information content (AvgIpc) is 2.49. The van der Waals surface area contributed by atoms with Crippen LogP contribution in [0.3, 0.4) is 0 Å². The summed E-state index contributed by atoms with van der Waals surface area (Å²) in [7, 11) is 1.42. The Balaban J connectivity index is 2.51. The first-order valence-electron chi connectivity index (χ1n) is 6.62. The van der Waals surface area contributed by atoms with Crippen LogP contribution in [0.4, 0.5) is 10.2 Å². The molecule has 0 unspecified atom stereocenters. The zero-order valence-corrected chi connectivity index (χ0v) is 13.3. The molecular weight excluding hydrogens is 305 g/mol. The third-order valence-corrected chi connectivity index (χ3v) is 3.87. The Kier molecular flexibility index (Phi) is 4.97. The fourth-order valence-corrected chi connectivity index (χ4v) is 2.55. The third-order valence-electron chi connectivity index (χ3n) is 3.12. The maximum atomic E-state index is 13.8. The summed E-state index contributed by atoms with van der Waals surface area (Å²) in [5, 5.41) is 0.500. The first-order valence-corrected chi connectivity index (χ1v) is 7.61. The van der Waals surface area contributed by atoms with Crippen LogP contribution in [0.25, 0.3) is 0 Å². The lowest BCUT2D eigenvalue weighted by molar-refractivity contribution is 0.103. The van der Waals surface area contributed by atoms with Gasteiger partial charge in [0.25, 0.3) is 0 Å². The largest absolute Gasteiger partial charge is 0.496 e. The van der Waals surface area contributed by atoms with Gasteiger partial charge in [0.1, 0.15) is 17.4 Å². The Bertz CT molecular complexity index is 722. The van der Waals surface area contributed by atoms with Gasteiger partial charge in [-0.15, -0.1) is 0 Å². The highest BCUT2D eigenvalue weighted by Gasteiger charge is 2.22. The molecule has 5 nitrogen and oxygen atoms in total. The number of thioether (sulfide) groups is 1. The van der Waals surface area contributed by atoms with Crippen LogP contribution in [0.1, 0.15) is 28.4 Å². The van der Waals surface area contributed by atoms with Crippen molar-refractivity contribution in [1.82, 2.24) is 9.97 Å². The van der Waals surface area contributed by atoms with Crippen molar-refractivity contribution >= 4 is 23.4 Å². The number of aromatic nitrogens is 2. The molecule has 1 aromatic heterocycles. The van der Waals surface area contributed by atoms with Crippen molar-refractivity contribution in [2.45, 2.75) is 19.0 Å². The Morgan fingerprint density at radius 2 is 2.18 bits per heavy atom. The highest BCUT2D eigenvalue weighted by molar-refractivity contribution is 7.99. The maximum absolute atomic E-state index is 13.8. The quantitative estimate of drug-likeness (QED) is 0.518. The lowest BCUT2D eigenvalue weighted by atomic mass is 9.99. The molecule has 2 N–H and O–H groups in total. The summed E-state index contributed by atoms with van der Waals surface area (Å²) in [6, 6.07) is 2.67. The number of anilines is 1. The molecule has 116 valence electrons. The summed E-state index contributed by atoms with van der Waals surface area (Å²) in [6.45, 7) is 3.48. The van der Waals surface area contributed by atoms with E-state index in [0.29, 0.717) is 5.16 Å². The zero-order chi connectivity index (χ0) is 16.3. The predicted molar refractivity (Wildman–Crippen MR) is 84.0 cm³/mol. The fourth-order valence-electron chi connectivity index (χ4n) is 2.00. The van der Waals surface area contributed by atoms with Gasteiger partial charge in [0.05, 0.1) is 18.2 Å². The molecule has 7 heteroatoms. The van der Waals surface area contributed by atoms with E-state index in [2.05, 4.69) is 9.97 Å². The van der Waals surface area contributed by atoms with Crippen molar-refractivity contribution in [1.29, 1.82) is 0 Å². The molecule has 0 aliphatic heterocycles. The van der Waals surface area contributed by atoms with Gasteiger partial charge in [0.15, 0.2) is 5.16 Å². The van der Waals surface area contributed by atoms with Crippen molar-refractivity contribution < 1.29 is 13.9 Å². The van der Waals surface area contributed by atoms with Crippen molar-refractivity contribution in [3.63, 3.8) is 0 Å². The van der Waals surface area contributed by atoms with Crippen LogP contribution >= 0.6 is 11.8 Å². The van der Waals surface area contributed by atoms with Gasteiger partial charge in [-0.3, -0.25) is 4.79 Å².